The number of benzene rings is 1. The van der Waals surface area contributed by atoms with Crippen LogP contribution in [0.3, 0.4) is 0 Å². The molecular formula is C31H41N3O6S. The lowest BCUT2D eigenvalue weighted by molar-refractivity contribution is -0.154. The summed E-state index contributed by atoms with van der Waals surface area (Å²) in [5.74, 6) is -0.0837. The van der Waals surface area contributed by atoms with Gasteiger partial charge in [-0.1, -0.05) is 12.1 Å². The average molecular weight is 584 g/mol. The summed E-state index contributed by atoms with van der Waals surface area (Å²) in [5, 5.41) is 13.2. The van der Waals surface area contributed by atoms with Crippen LogP contribution >= 0.6 is 11.3 Å². The molecule has 0 saturated carbocycles. The van der Waals surface area contributed by atoms with Crippen molar-refractivity contribution in [1.29, 1.82) is 0 Å². The number of aromatic hydroxyl groups is 1. The molecule has 0 radical (unpaired) electrons. The molecule has 3 fully saturated rings. The van der Waals surface area contributed by atoms with Gasteiger partial charge in [-0.2, -0.15) is 0 Å². The first-order chi connectivity index (χ1) is 19.2. The summed E-state index contributed by atoms with van der Waals surface area (Å²) in [5.41, 5.74) is -0.355. The van der Waals surface area contributed by atoms with Gasteiger partial charge in [-0.15, -0.1) is 11.3 Å². The Bertz CT molecular complexity index is 1320. The maximum Gasteiger partial charge on any atom is 0.412 e. The van der Waals surface area contributed by atoms with Crippen LogP contribution in [0.25, 0.3) is 10.4 Å². The number of carbonyl (C=O) groups is 3. The molecule has 10 heteroatoms. The molecule has 5 rings (SSSR count). The molecule has 3 saturated heterocycles. The standard InChI is InChI=1S/C31H41N3O6S/c1-29(2,3)40-28(38)32-25-23(17-24(41-25)20-8-6-9-22(35)16-20)26(36)33-14-10-21(11-15-33)34-13-7-12-31(19-34)18-30(4,5)39-27(31)37/h6,8-9,16-17,21,35H,7,10-15,18-19H2,1-5H3,(H,32,38). The summed E-state index contributed by atoms with van der Waals surface area (Å²) < 4.78 is 11.2. The number of nitrogens with zero attached hydrogens (tertiary/aromatic N) is 2. The molecule has 3 aliphatic heterocycles. The first kappa shape index (κ1) is 29.4. The minimum Gasteiger partial charge on any atom is -0.508 e. The lowest BCUT2D eigenvalue weighted by atomic mass is 9.74. The molecule has 1 aromatic carbocycles. The number of piperidine rings is 2. The molecule has 1 unspecified atom stereocenters. The SMILES string of the molecule is CC(C)(C)OC(=O)Nc1sc(-c2cccc(O)c2)cc1C(=O)N1CCC(N2CCCC3(C2)CC(C)(C)OC3=O)CC1. The van der Waals surface area contributed by atoms with Gasteiger partial charge in [0.2, 0.25) is 0 Å². The van der Waals surface area contributed by atoms with Gasteiger partial charge in [0.25, 0.3) is 5.91 Å². The molecular weight excluding hydrogens is 542 g/mol. The molecule has 2 aromatic rings. The first-order valence-corrected chi connectivity index (χ1v) is 15.3. The summed E-state index contributed by atoms with van der Waals surface area (Å²) in [7, 11) is 0. The smallest absolute Gasteiger partial charge is 0.412 e. The second-order valence-electron chi connectivity index (χ2n) is 13.2. The monoisotopic (exact) mass is 583 g/mol. The van der Waals surface area contributed by atoms with Gasteiger partial charge in [0.1, 0.15) is 22.0 Å². The van der Waals surface area contributed by atoms with Crippen LogP contribution in [0.15, 0.2) is 30.3 Å². The van der Waals surface area contributed by atoms with E-state index >= 15 is 0 Å². The lowest BCUT2D eigenvalue weighted by Gasteiger charge is -2.44. The molecule has 2 N–H and O–H groups in total. The van der Waals surface area contributed by atoms with Crippen molar-refractivity contribution in [3.63, 3.8) is 0 Å². The van der Waals surface area contributed by atoms with Gasteiger partial charge in [-0.05, 0) is 90.6 Å². The number of anilines is 1. The number of likely N-dealkylation sites (tertiary alicyclic amines) is 2. The zero-order valence-corrected chi connectivity index (χ0v) is 25.4. The zero-order valence-electron chi connectivity index (χ0n) is 24.6. The van der Waals surface area contributed by atoms with Crippen LogP contribution in [0.4, 0.5) is 9.80 Å². The molecule has 9 nitrogen and oxygen atoms in total. The number of cyclic esters (lactones) is 1. The predicted octanol–water partition coefficient (Wildman–Crippen LogP) is 5.88. The fraction of sp³-hybridized carbons (Fsp3) is 0.581. The Morgan fingerprint density at radius 1 is 1.15 bits per heavy atom. The Kier molecular flexibility index (Phi) is 7.84. The second kappa shape index (κ2) is 10.9. The minimum atomic E-state index is -0.681. The third-order valence-electron chi connectivity index (χ3n) is 8.15. The van der Waals surface area contributed by atoms with E-state index in [1.54, 1.807) is 45.0 Å². The summed E-state index contributed by atoms with van der Waals surface area (Å²) >= 11 is 1.28. The van der Waals surface area contributed by atoms with Crippen molar-refractivity contribution in [3.8, 4) is 16.2 Å². The van der Waals surface area contributed by atoms with Gasteiger partial charge in [-0.3, -0.25) is 19.8 Å². The first-order valence-electron chi connectivity index (χ1n) is 14.4. The van der Waals surface area contributed by atoms with Crippen molar-refractivity contribution in [2.45, 2.75) is 84.0 Å². The van der Waals surface area contributed by atoms with Crippen LogP contribution in [0, 0.1) is 5.41 Å². The largest absolute Gasteiger partial charge is 0.508 e. The number of carbonyl (C=O) groups excluding carboxylic acids is 3. The highest BCUT2D eigenvalue weighted by molar-refractivity contribution is 7.20. The maximum atomic E-state index is 13.8. The van der Waals surface area contributed by atoms with Crippen molar-refractivity contribution in [2.24, 2.45) is 5.41 Å². The van der Waals surface area contributed by atoms with Crippen molar-refractivity contribution in [1.82, 2.24) is 9.80 Å². The molecule has 2 amide bonds. The number of hydrogen-bond donors (Lipinski definition) is 2. The van der Waals surface area contributed by atoms with Crippen LogP contribution in [0.1, 0.15) is 77.1 Å². The fourth-order valence-electron chi connectivity index (χ4n) is 6.52. The van der Waals surface area contributed by atoms with E-state index in [1.807, 2.05) is 24.8 Å². The van der Waals surface area contributed by atoms with E-state index < -0.39 is 22.7 Å². The lowest BCUT2D eigenvalue weighted by Crippen LogP contribution is -2.53. The highest BCUT2D eigenvalue weighted by Gasteiger charge is 2.54. The normalized spacial score (nSPS) is 23.4. The Hall–Kier alpha value is -3.11. The summed E-state index contributed by atoms with van der Waals surface area (Å²) in [4.78, 5) is 44.3. The summed E-state index contributed by atoms with van der Waals surface area (Å²) in [6.45, 7) is 12.2. The van der Waals surface area contributed by atoms with E-state index in [0.29, 0.717) is 29.7 Å². The Balaban J connectivity index is 1.29. The molecule has 1 aromatic heterocycles. The molecule has 0 aliphatic carbocycles. The number of phenols is 1. The van der Waals surface area contributed by atoms with Gasteiger partial charge in [-0.25, -0.2) is 4.79 Å². The van der Waals surface area contributed by atoms with E-state index in [2.05, 4.69) is 10.2 Å². The topological polar surface area (TPSA) is 108 Å². The van der Waals surface area contributed by atoms with Gasteiger partial charge < -0.3 is 19.5 Å². The number of phenolic OH excluding ortho intramolecular Hbond substituents is 1. The summed E-state index contributed by atoms with van der Waals surface area (Å²) in [6, 6.07) is 8.91. The Morgan fingerprint density at radius 2 is 1.88 bits per heavy atom. The number of nitrogens with one attached hydrogen (secondary N) is 1. The van der Waals surface area contributed by atoms with E-state index in [9.17, 15) is 19.5 Å². The van der Waals surface area contributed by atoms with E-state index in [4.69, 9.17) is 9.47 Å². The molecule has 4 heterocycles. The highest BCUT2D eigenvalue weighted by Crippen LogP contribution is 2.47. The van der Waals surface area contributed by atoms with Crippen molar-refractivity contribution in [2.75, 3.05) is 31.5 Å². The number of thiophene rings is 1. The number of rotatable bonds is 4. The van der Waals surface area contributed by atoms with Crippen molar-refractivity contribution >= 4 is 34.3 Å². The van der Waals surface area contributed by atoms with Gasteiger partial charge >= 0.3 is 12.1 Å². The average Bonchev–Trinajstić information content (AvgIpc) is 3.39. The second-order valence-corrected chi connectivity index (χ2v) is 14.3. The number of esters is 1. The molecule has 1 spiro atoms. The van der Waals surface area contributed by atoms with E-state index in [-0.39, 0.29) is 17.6 Å². The zero-order chi connectivity index (χ0) is 29.6. The van der Waals surface area contributed by atoms with Crippen LogP contribution in [-0.4, -0.2) is 76.3 Å². The number of ether oxygens (including phenoxy) is 2. The van der Waals surface area contributed by atoms with E-state index in [0.717, 1.165) is 55.6 Å². The molecule has 0 bridgehead atoms. The van der Waals surface area contributed by atoms with Crippen LogP contribution in [0.5, 0.6) is 5.75 Å². The van der Waals surface area contributed by atoms with Crippen molar-refractivity contribution in [3.05, 3.63) is 35.9 Å². The number of amides is 2. The predicted molar refractivity (Wildman–Crippen MR) is 158 cm³/mol. The maximum absolute atomic E-state index is 13.8. The third-order valence-corrected chi connectivity index (χ3v) is 9.25. The third kappa shape index (κ3) is 6.54. The molecule has 1 atom stereocenters. The summed E-state index contributed by atoms with van der Waals surface area (Å²) in [6.07, 6.45) is 3.60. The Morgan fingerprint density at radius 3 is 2.51 bits per heavy atom. The van der Waals surface area contributed by atoms with Crippen LogP contribution < -0.4 is 5.32 Å². The fourth-order valence-corrected chi connectivity index (χ4v) is 7.55. The highest BCUT2D eigenvalue weighted by atomic mass is 32.1. The number of hydrogen-bond acceptors (Lipinski definition) is 8. The van der Waals surface area contributed by atoms with Crippen LogP contribution in [-0.2, 0) is 14.3 Å². The molecule has 3 aliphatic rings. The van der Waals surface area contributed by atoms with Gasteiger partial charge in [0.15, 0.2) is 0 Å². The molecule has 222 valence electrons. The van der Waals surface area contributed by atoms with Gasteiger partial charge in [0, 0.05) is 37.0 Å². The van der Waals surface area contributed by atoms with Crippen LogP contribution in [0.2, 0.25) is 0 Å². The van der Waals surface area contributed by atoms with Gasteiger partial charge in [0.05, 0.1) is 11.0 Å². The van der Waals surface area contributed by atoms with Crippen molar-refractivity contribution < 1.29 is 29.0 Å². The van der Waals surface area contributed by atoms with E-state index in [1.165, 1.54) is 11.3 Å². The quantitative estimate of drug-likeness (QED) is 0.433. The minimum absolute atomic E-state index is 0.0650. The molecule has 41 heavy (non-hydrogen) atoms. The Labute approximate surface area is 245 Å².